The number of hydrogen-bond acceptors (Lipinski definition) is 4. The highest BCUT2D eigenvalue weighted by Gasteiger charge is 2.12. The number of rotatable bonds is 4. The maximum Gasteiger partial charge on any atom is 0.335 e. The highest BCUT2D eigenvalue weighted by molar-refractivity contribution is 7.11. The van der Waals surface area contributed by atoms with Crippen molar-refractivity contribution in [1.29, 1.82) is 0 Å². The molecule has 0 unspecified atom stereocenters. The molecule has 2 N–H and O–H groups in total. The predicted molar refractivity (Wildman–Crippen MR) is 80.9 cm³/mol. The predicted octanol–water partition coefficient (Wildman–Crippen LogP) is 2.70. The molecule has 0 spiro atoms. The number of nitrogens with one attached hydrogen (secondary N) is 1. The summed E-state index contributed by atoms with van der Waals surface area (Å²) in [5.41, 5.74) is 2.16. The first kappa shape index (κ1) is 15.2. The van der Waals surface area contributed by atoms with E-state index in [2.05, 4.69) is 10.3 Å². The van der Waals surface area contributed by atoms with E-state index in [-0.39, 0.29) is 11.5 Å². The number of aromatic carboxylic acids is 1. The zero-order chi connectivity index (χ0) is 15.6. The molecule has 2 aromatic rings. The van der Waals surface area contributed by atoms with Crippen LogP contribution in [-0.4, -0.2) is 22.0 Å². The number of hydrogen-bond donors (Lipinski definition) is 2. The van der Waals surface area contributed by atoms with Gasteiger partial charge in [0.1, 0.15) is 5.01 Å². The Labute approximate surface area is 126 Å². The highest BCUT2D eigenvalue weighted by Crippen LogP contribution is 2.16. The van der Waals surface area contributed by atoms with Gasteiger partial charge in [0, 0.05) is 10.4 Å². The molecule has 1 aromatic heterocycles. The fourth-order valence-electron chi connectivity index (χ4n) is 1.91. The van der Waals surface area contributed by atoms with Crippen molar-refractivity contribution in [3.8, 4) is 0 Å². The van der Waals surface area contributed by atoms with E-state index >= 15 is 0 Å². The van der Waals surface area contributed by atoms with Gasteiger partial charge in [-0.15, -0.1) is 11.3 Å². The van der Waals surface area contributed by atoms with Gasteiger partial charge in [-0.05, 0) is 44.5 Å². The van der Waals surface area contributed by atoms with Crippen molar-refractivity contribution in [1.82, 2.24) is 10.3 Å². The van der Waals surface area contributed by atoms with Crippen molar-refractivity contribution in [2.24, 2.45) is 0 Å². The van der Waals surface area contributed by atoms with Crippen LogP contribution in [0.5, 0.6) is 0 Å². The van der Waals surface area contributed by atoms with E-state index in [1.807, 2.05) is 13.8 Å². The van der Waals surface area contributed by atoms with Crippen molar-refractivity contribution < 1.29 is 14.7 Å². The van der Waals surface area contributed by atoms with Crippen LogP contribution in [0.1, 0.15) is 41.9 Å². The fraction of sp³-hybridized carbons (Fsp3) is 0.267. The summed E-state index contributed by atoms with van der Waals surface area (Å²) in [5, 5.41) is 12.6. The van der Waals surface area contributed by atoms with Crippen LogP contribution in [0.2, 0.25) is 0 Å². The van der Waals surface area contributed by atoms with Gasteiger partial charge < -0.3 is 10.4 Å². The number of carboxylic acids is 1. The number of carbonyl (C=O) groups excluding carboxylic acids is 1. The van der Waals surface area contributed by atoms with Gasteiger partial charge in [0.25, 0.3) is 5.91 Å². The molecule has 1 heterocycles. The molecule has 0 radical (unpaired) electrons. The Hall–Kier alpha value is -2.21. The Balaban J connectivity index is 2.11. The number of carboxylic acid groups (broad SMARTS) is 1. The number of carbonyl (C=O) groups is 2. The van der Waals surface area contributed by atoms with Gasteiger partial charge in [-0.1, -0.05) is 0 Å². The lowest BCUT2D eigenvalue weighted by Gasteiger charge is -2.06. The van der Waals surface area contributed by atoms with E-state index in [0.717, 1.165) is 21.1 Å². The van der Waals surface area contributed by atoms with E-state index in [1.54, 1.807) is 24.3 Å². The zero-order valence-corrected chi connectivity index (χ0v) is 12.9. The number of thiazole rings is 1. The summed E-state index contributed by atoms with van der Waals surface area (Å²) in [4.78, 5) is 28.6. The number of amides is 1. The van der Waals surface area contributed by atoms with Gasteiger partial charge in [0.15, 0.2) is 0 Å². The Morgan fingerprint density at radius 1 is 1.19 bits per heavy atom. The summed E-state index contributed by atoms with van der Waals surface area (Å²) >= 11 is 1.54. The van der Waals surface area contributed by atoms with Gasteiger partial charge in [0.05, 0.1) is 17.8 Å². The third-order valence-corrected chi connectivity index (χ3v) is 4.13. The van der Waals surface area contributed by atoms with E-state index < -0.39 is 5.97 Å². The monoisotopic (exact) mass is 304 g/mol. The molecule has 0 saturated heterocycles. The second kappa shape index (κ2) is 6.05. The van der Waals surface area contributed by atoms with Gasteiger partial charge in [-0.25, -0.2) is 9.78 Å². The summed E-state index contributed by atoms with van der Waals surface area (Å²) < 4.78 is 0. The Morgan fingerprint density at radius 3 is 2.43 bits per heavy atom. The third-order valence-electron chi connectivity index (χ3n) is 3.06. The zero-order valence-electron chi connectivity index (χ0n) is 12.1. The van der Waals surface area contributed by atoms with E-state index in [4.69, 9.17) is 5.11 Å². The van der Waals surface area contributed by atoms with Gasteiger partial charge in [-0.2, -0.15) is 0 Å². The Bertz CT molecular complexity index is 687. The average Bonchev–Trinajstić information content (AvgIpc) is 2.74. The molecule has 0 bridgehead atoms. The summed E-state index contributed by atoms with van der Waals surface area (Å²) in [6.45, 7) is 6.01. The maximum absolute atomic E-state index is 12.1. The van der Waals surface area contributed by atoms with Crippen molar-refractivity contribution >= 4 is 23.2 Å². The van der Waals surface area contributed by atoms with Crippen LogP contribution < -0.4 is 5.32 Å². The molecule has 5 nitrogen and oxygen atoms in total. The lowest BCUT2D eigenvalue weighted by molar-refractivity contribution is 0.0696. The van der Waals surface area contributed by atoms with E-state index in [9.17, 15) is 9.59 Å². The van der Waals surface area contributed by atoms with Gasteiger partial charge in [0.2, 0.25) is 0 Å². The van der Waals surface area contributed by atoms with Crippen LogP contribution in [0.3, 0.4) is 0 Å². The van der Waals surface area contributed by atoms with Crippen LogP contribution in [0.25, 0.3) is 0 Å². The molecule has 0 fully saturated rings. The molecule has 1 aromatic carbocycles. The molecular formula is C15H16N2O3S. The van der Waals surface area contributed by atoms with Crippen molar-refractivity contribution in [2.75, 3.05) is 0 Å². The summed E-state index contributed by atoms with van der Waals surface area (Å²) in [6, 6.07) is 4.58. The van der Waals surface area contributed by atoms with Crippen molar-refractivity contribution in [3.05, 3.63) is 50.5 Å². The summed E-state index contributed by atoms with van der Waals surface area (Å²) in [5.74, 6) is -1.34. The molecule has 0 aliphatic heterocycles. The number of nitrogens with zero attached hydrogens (tertiary/aromatic N) is 1. The van der Waals surface area contributed by atoms with Crippen LogP contribution in [0, 0.1) is 20.8 Å². The average molecular weight is 304 g/mol. The first-order valence-electron chi connectivity index (χ1n) is 6.43. The summed E-state index contributed by atoms with van der Waals surface area (Å²) in [7, 11) is 0. The Morgan fingerprint density at radius 2 is 1.86 bits per heavy atom. The normalized spacial score (nSPS) is 10.4. The van der Waals surface area contributed by atoms with E-state index in [1.165, 1.54) is 12.1 Å². The first-order chi connectivity index (χ1) is 9.86. The molecule has 0 aliphatic rings. The number of aryl methyl sites for hydroxylation is 3. The van der Waals surface area contributed by atoms with Gasteiger partial charge in [-0.3, -0.25) is 4.79 Å². The second-order valence-corrected chi connectivity index (χ2v) is 6.11. The molecule has 2 rings (SSSR count). The number of aromatic nitrogens is 1. The lowest BCUT2D eigenvalue weighted by Crippen LogP contribution is -2.23. The van der Waals surface area contributed by atoms with Crippen LogP contribution in [-0.2, 0) is 6.54 Å². The van der Waals surface area contributed by atoms with Crippen molar-refractivity contribution in [2.45, 2.75) is 27.3 Å². The van der Waals surface area contributed by atoms with Crippen LogP contribution >= 0.6 is 11.3 Å². The van der Waals surface area contributed by atoms with Crippen LogP contribution in [0.4, 0.5) is 0 Å². The first-order valence-corrected chi connectivity index (χ1v) is 7.24. The number of benzene rings is 1. The maximum atomic E-state index is 12.1. The molecule has 0 atom stereocenters. The minimum absolute atomic E-state index is 0.112. The Kier molecular flexibility index (Phi) is 4.37. The topological polar surface area (TPSA) is 79.3 Å². The standard InChI is InChI=1S/C15H16N2O3S/c1-8-4-11(6-12(5-8)15(19)20)14(18)16-7-13-17-9(2)10(3)21-13/h4-6H,7H2,1-3H3,(H,16,18)(H,19,20). The van der Waals surface area contributed by atoms with E-state index in [0.29, 0.717) is 12.1 Å². The lowest BCUT2D eigenvalue weighted by atomic mass is 10.1. The minimum Gasteiger partial charge on any atom is -0.478 e. The molecular weight excluding hydrogens is 288 g/mol. The second-order valence-electron chi connectivity index (χ2n) is 4.82. The van der Waals surface area contributed by atoms with Gasteiger partial charge >= 0.3 is 5.97 Å². The van der Waals surface area contributed by atoms with Crippen molar-refractivity contribution in [3.63, 3.8) is 0 Å². The SMILES string of the molecule is Cc1cc(C(=O)O)cc(C(=O)NCc2nc(C)c(C)s2)c1. The third kappa shape index (κ3) is 3.66. The molecule has 0 aliphatic carbocycles. The summed E-state index contributed by atoms with van der Waals surface area (Å²) in [6.07, 6.45) is 0. The molecule has 1 amide bonds. The van der Waals surface area contributed by atoms with Crippen LogP contribution in [0.15, 0.2) is 18.2 Å². The quantitative estimate of drug-likeness (QED) is 0.910. The minimum atomic E-state index is -1.04. The molecule has 110 valence electrons. The highest BCUT2D eigenvalue weighted by atomic mass is 32.1. The fourth-order valence-corrected chi connectivity index (χ4v) is 2.78. The molecule has 6 heteroatoms. The molecule has 21 heavy (non-hydrogen) atoms. The molecule has 0 saturated carbocycles. The largest absolute Gasteiger partial charge is 0.478 e. The smallest absolute Gasteiger partial charge is 0.335 e.